The fourth-order valence-electron chi connectivity index (χ4n) is 3.57. The van der Waals surface area contributed by atoms with E-state index < -0.39 is 0 Å². The van der Waals surface area contributed by atoms with Crippen molar-refractivity contribution in [1.29, 1.82) is 0 Å². The van der Waals surface area contributed by atoms with Crippen LogP contribution >= 0.6 is 0 Å². The first-order chi connectivity index (χ1) is 11.7. The van der Waals surface area contributed by atoms with E-state index in [1.165, 1.54) is 0 Å². The normalized spacial score (nSPS) is 24.5. The van der Waals surface area contributed by atoms with Crippen LogP contribution in [0.15, 0.2) is 22.7 Å². The number of anilines is 1. The van der Waals surface area contributed by atoms with E-state index in [1.807, 2.05) is 11.0 Å². The molecule has 4 rings (SSSR count). The number of H-pyrrole nitrogens is 1. The highest BCUT2D eigenvalue weighted by Gasteiger charge is 2.43. The van der Waals surface area contributed by atoms with E-state index in [0.29, 0.717) is 43.8 Å². The van der Waals surface area contributed by atoms with Crippen molar-refractivity contribution in [2.24, 2.45) is 0 Å². The summed E-state index contributed by atoms with van der Waals surface area (Å²) in [7, 11) is 0. The summed E-state index contributed by atoms with van der Waals surface area (Å²) in [5.74, 6) is 0.575. The third-order valence-corrected chi connectivity index (χ3v) is 4.69. The Bertz CT molecular complexity index is 709. The van der Waals surface area contributed by atoms with E-state index >= 15 is 0 Å². The number of morpholine rings is 1. The Morgan fingerprint density at radius 1 is 1.33 bits per heavy atom. The number of nitrogens with zero attached hydrogens (tertiary/aromatic N) is 4. The van der Waals surface area contributed by atoms with E-state index in [1.54, 1.807) is 19.2 Å². The molecule has 0 bridgehead atoms. The molecule has 2 aromatic rings. The Morgan fingerprint density at radius 2 is 2.25 bits per heavy atom. The SMILES string of the molecule is Cc1nnc(N2CCCC3(CN(C(=O)c4ccc[nH]4)CCO3)C2)o1. The molecule has 1 spiro atoms. The third kappa shape index (κ3) is 2.77. The van der Waals surface area contributed by atoms with Gasteiger partial charge in [0.1, 0.15) is 11.3 Å². The lowest BCUT2D eigenvalue weighted by molar-refractivity contribution is -0.105. The summed E-state index contributed by atoms with van der Waals surface area (Å²) in [6.45, 7) is 5.03. The summed E-state index contributed by atoms with van der Waals surface area (Å²) in [6, 6.07) is 4.17. The Kier molecular flexibility index (Phi) is 3.76. The van der Waals surface area contributed by atoms with Crippen LogP contribution in [0.3, 0.4) is 0 Å². The molecule has 0 saturated carbocycles. The van der Waals surface area contributed by atoms with Crippen molar-refractivity contribution in [2.75, 3.05) is 37.7 Å². The molecule has 1 unspecified atom stereocenters. The molecule has 0 radical (unpaired) electrons. The summed E-state index contributed by atoms with van der Waals surface area (Å²) in [5, 5.41) is 8.01. The summed E-state index contributed by atoms with van der Waals surface area (Å²) in [6.07, 6.45) is 3.65. The molecule has 8 heteroatoms. The van der Waals surface area contributed by atoms with Gasteiger partial charge in [-0.3, -0.25) is 4.79 Å². The van der Waals surface area contributed by atoms with E-state index in [0.717, 1.165) is 19.4 Å². The molecule has 0 aromatic carbocycles. The maximum atomic E-state index is 12.6. The van der Waals surface area contributed by atoms with Crippen LogP contribution in [0.2, 0.25) is 0 Å². The predicted octanol–water partition coefficient (Wildman–Crippen LogP) is 1.22. The Morgan fingerprint density at radius 3 is 3.00 bits per heavy atom. The number of carbonyl (C=O) groups is 1. The smallest absolute Gasteiger partial charge is 0.318 e. The lowest BCUT2D eigenvalue weighted by Gasteiger charge is -2.47. The van der Waals surface area contributed by atoms with Crippen LogP contribution in [-0.2, 0) is 4.74 Å². The topological polar surface area (TPSA) is 87.5 Å². The second-order valence-electron chi connectivity index (χ2n) is 6.47. The van der Waals surface area contributed by atoms with Gasteiger partial charge in [-0.2, -0.15) is 0 Å². The molecule has 2 aromatic heterocycles. The molecule has 1 N–H and O–H groups in total. The van der Waals surface area contributed by atoms with Crippen molar-refractivity contribution in [3.63, 3.8) is 0 Å². The van der Waals surface area contributed by atoms with Crippen LogP contribution in [0.25, 0.3) is 0 Å². The first-order valence-corrected chi connectivity index (χ1v) is 8.27. The van der Waals surface area contributed by atoms with Crippen molar-refractivity contribution in [3.05, 3.63) is 29.9 Å². The zero-order valence-corrected chi connectivity index (χ0v) is 13.7. The number of rotatable bonds is 2. The number of ether oxygens (including phenoxy) is 1. The monoisotopic (exact) mass is 331 g/mol. The van der Waals surface area contributed by atoms with Crippen LogP contribution in [-0.4, -0.2) is 64.4 Å². The summed E-state index contributed by atoms with van der Waals surface area (Å²) in [5.41, 5.74) is 0.244. The number of nitrogens with one attached hydrogen (secondary N) is 1. The number of carbonyl (C=O) groups excluding carboxylic acids is 1. The average molecular weight is 331 g/mol. The minimum Gasteiger partial charge on any atom is -0.408 e. The van der Waals surface area contributed by atoms with Gasteiger partial charge in [0, 0.05) is 26.2 Å². The van der Waals surface area contributed by atoms with Crippen LogP contribution in [0.4, 0.5) is 6.01 Å². The van der Waals surface area contributed by atoms with E-state index in [-0.39, 0.29) is 11.5 Å². The first-order valence-electron chi connectivity index (χ1n) is 8.27. The standard InChI is InChI=1S/C16H21N5O3/c1-12-18-19-15(24-12)21-7-3-5-16(11-21)10-20(8-9-23-16)14(22)13-4-2-6-17-13/h2,4,6,17H,3,5,7-11H2,1H3. The molecule has 128 valence electrons. The van der Waals surface area contributed by atoms with Crippen LogP contribution in [0.1, 0.15) is 29.2 Å². The van der Waals surface area contributed by atoms with E-state index in [4.69, 9.17) is 9.15 Å². The minimum absolute atomic E-state index is 0.0217. The van der Waals surface area contributed by atoms with Crippen LogP contribution in [0, 0.1) is 6.92 Å². The molecule has 24 heavy (non-hydrogen) atoms. The van der Waals surface area contributed by atoms with Crippen molar-refractivity contribution in [1.82, 2.24) is 20.1 Å². The quantitative estimate of drug-likeness (QED) is 0.890. The molecule has 2 aliphatic rings. The number of hydrogen-bond acceptors (Lipinski definition) is 6. The maximum absolute atomic E-state index is 12.6. The van der Waals surface area contributed by atoms with Gasteiger partial charge in [0.2, 0.25) is 5.89 Å². The number of amides is 1. The molecule has 4 heterocycles. The molecule has 2 saturated heterocycles. The zero-order valence-electron chi connectivity index (χ0n) is 13.7. The zero-order chi connectivity index (χ0) is 16.6. The lowest BCUT2D eigenvalue weighted by atomic mass is 9.90. The molecular formula is C16H21N5O3. The fraction of sp³-hybridized carbons (Fsp3) is 0.562. The summed E-state index contributed by atoms with van der Waals surface area (Å²) >= 11 is 0. The number of aromatic amines is 1. The van der Waals surface area contributed by atoms with E-state index in [2.05, 4.69) is 20.1 Å². The van der Waals surface area contributed by atoms with Gasteiger partial charge in [-0.05, 0) is 25.0 Å². The highest BCUT2D eigenvalue weighted by molar-refractivity contribution is 5.92. The van der Waals surface area contributed by atoms with Crippen molar-refractivity contribution < 1.29 is 13.9 Å². The maximum Gasteiger partial charge on any atom is 0.318 e. The van der Waals surface area contributed by atoms with Gasteiger partial charge in [0.25, 0.3) is 5.91 Å². The molecule has 1 amide bonds. The number of aromatic nitrogens is 3. The largest absolute Gasteiger partial charge is 0.408 e. The van der Waals surface area contributed by atoms with Crippen molar-refractivity contribution in [3.8, 4) is 0 Å². The molecule has 8 nitrogen and oxygen atoms in total. The van der Waals surface area contributed by atoms with E-state index in [9.17, 15) is 4.79 Å². The van der Waals surface area contributed by atoms with Crippen LogP contribution < -0.4 is 4.90 Å². The van der Waals surface area contributed by atoms with Gasteiger partial charge in [-0.25, -0.2) is 0 Å². The number of aryl methyl sites for hydroxylation is 1. The highest BCUT2D eigenvalue weighted by Crippen LogP contribution is 2.31. The molecule has 2 aliphatic heterocycles. The van der Waals surface area contributed by atoms with Gasteiger partial charge >= 0.3 is 6.01 Å². The minimum atomic E-state index is -0.374. The van der Waals surface area contributed by atoms with Gasteiger partial charge in [0.05, 0.1) is 19.7 Å². The van der Waals surface area contributed by atoms with Crippen molar-refractivity contribution >= 4 is 11.9 Å². The Hall–Kier alpha value is -2.35. The van der Waals surface area contributed by atoms with Gasteiger partial charge in [0.15, 0.2) is 0 Å². The highest BCUT2D eigenvalue weighted by atomic mass is 16.5. The Labute approximate surface area is 139 Å². The average Bonchev–Trinajstić information content (AvgIpc) is 3.26. The lowest BCUT2D eigenvalue weighted by Crippen LogP contribution is -2.61. The van der Waals surface area contributed by atoms with Crippen LogP contribution in [0.5, 0.6) is 0 Å². The first kappa shape index (κ1) is 15.2. The molecular weight excluding hydrogens is 310 g/mol. The molecule has 1 atom stereocenters. The van der Waals surface area contributed by atoms with Gasteiger partial charge in [-0.15, -0.1) is 5.10 Å². The number of piperidine rings is 1. The fourth-order valence-corrected chi connectivity index (χ4v) is 3.57. The third-order valence-electron chi connectivity index (χ3n) is 4.69. The number of hydrogen-bond donors (Lipinski definition) is 1. The van der Waals surface area contributed by atoms with Gasteiger partial charge in [-0.1, -0.05) is 5.10 Å². The summed E-state index contributed by atoms with van der Waals surface area (Å²) < 4.78 is 11.7. The predicted molar refractivity (Wildman–Crippen MR) is 85.9 cm³/mol. The molecule has 2 fully saturated rings. The second kappa shape index (κ2) is 5.94. The Balaban J connectivity index is 1.50. The van der Waals surface area contributed by atoms with Crippen molar-refractivity contribution in [2.45, 2.75) is 25.4 Å². The second-order valence-corrected chi connectivity index (χ2v) is 6.47. The molecule has 0 aliphatic carbocycles. The summed E-state index contributed by atoms with van der Waals surface area (Å²) in [4.78, 5) is 19.5. The van der Waals surface area contributed by atoms with Gasteiger partial charge < -0.3 is 23.9 Å².